The first-order chi connectivity index (χ1) is 27.0. The maximum atomic E-state index is 14.2. The number of likely N-dealkylation sites (tertiary alicyclic amines) is 1. The number of esters is 3. The molecule has 0 bridgehead atoms. The van der Waals surface area contributed by atoms with Gasteiger partial charge in [-0.05, 0) is 42.7 Å². The number of carbonyl (C=O) groups excluding carboxylic acids is 5. The van der Waals surface area contributed by atoms with Crippen LogP contribution in [0.25, 0.3) is 6.08 Å². The average molecular weight is 765 g/mol. The van der Waals surface area contributed by atoms with Gasteiger partial charge in [-0.3, -0.25) is 9.59 Å². The second kappa shape index (κ2) is 16.2. The summed E-state index contributed by atoms with van der Waals surface area (Å²) in [5, 5.41) is 11.9. The minimum atomic E-state index is -1.40. The molecule has 56 heavy (non-hydrogen) atoms. The van der Waals surface area contributed by atoms with Crippen molar-refractivity contribution in [3.8, 4) is 0 Å². The lowest BCUT2D eigenvalue weighted by Gasteiger charge is -2.33. The maximum absolute atomic E-state index is 14.2. The number of hydrogen-bond acceptors (Lipinski definition) is 11. The molecule has 3 saturated heterocycles. The summed E-state index contributed by atoms with van der Waals surface area (Å²) in [7, 11) is 0. The molecule has 7 rings (SSSR count). The van der Waals surface area contributed by atoms with Gasteiger partial charge in [0.05, 0.1) is 12.2 Å². The minimum absolute atomic E-state index is 0.0123. The predicted octanol–water partition coefficient (Wildman–Crippen LogP) is 3.83. The Balaban J connectivity index is 1.16. The molecule has 0 radical (unpaired) electrons. The number of hydrogen-bond donors (Lipinski definition) is 2. The van der Waals surface area contributed by atoms with E-state index in [0.717, 1.165) is 0 Å². The number of nitrogens with one attached hydrogen (secondary N) is 1. The first-order valence-electron chi connectivity index (χ1n) is 18.7. The summed E-state index contributed by atoms with van der Waals surface area (Å²) in [6, 6.07) is 24.5. The summed E-state index contributed by atoms with van der Waals surface area (Å²) < 4.78 is 30.3. The number of aliphatic hydroxyl groups excluding tert-OH is 1. The molecule has 4 aliphatic rings. The van der Waals surface area contributed by atoms with E-state index >= 15 is 0 Å². The Morgan fingerprint density at radius 2 is 1.66 bits per heavy atom. The van der Waals surface area contributed by atoms with Gasteiger partial charge >= 0.3 is 17.9 Å². The number of benzene rings is 3. The van der Waals surface area contributed by atoms with Crippen LogP contribution in [0.4, 0.5) is 0 Å². The number of nitrogens with zero attached hydrogens (tertiary/aromatic N) is 1. The predicted molar refractivity (Wildman–Crippen MR) is 200 cm³/mol. The summed E-state index contributed by atoms with van der Waals surface area (Å²) >= 11 is 0. The van der Waals surface area contributed by atoms with Crippen LogP contribution in [0, 0.1) is 5.41 Å². The van der Waals surface area contributed by atoms with Gasteiger partial charge in [-0.25, -0.2) is 14.4 Å². The highest BCUT2D eigenvalue weighted by atomic mass is 16.8. The van der Waals surface area contributed by atoms with Crippen molar-refractivity contribution in [3.05, 3.63) is 125 Å². The molecule has 3 aromatic rings. The SMILES string of the molecule is CC1(C)COC(=O)C1OC(=O)C=Cc1cccc(C(=O)OC2CC(C(=O)N3CCCC3C(=O)NCCO)=CC3OC(c4ccccc4)(c4ccccc4)OC32)c1. The number of ether oxygens (including phenoxy) is 5. The number of aliphatic hydroxyl groups is 1. The molecule has 3 aromatic carbocycles. The lowest BCUT2D eigenvalue weighted by molar-refractivity contribution is -0.159. The minimum Gasteiger partial charge on any atom is -0.462 e. The van der Waals surface area contributed by atoms with Gasteiger partial charge in [0.1, 0.15) is 31.0 Å². The van der Waals surface area contributed by atoms with Crippen LogP contribution in [0.3, 0.4) is 0 Å². The zero-order chi connectivity index (χ0) is 39.5. The monoisotopic (exact) mass is 764 g/mol. The lowest BCUT2D eigenvalue weighted by atomic mass is 9.90. The fourth-order valence-electron chi connectivity index (χ4n) is 7.58. The van der Waals surface area contributed by atoms with Crippen LogP contribution in [0.2, 0.25) is 0 Å². The van der Waals surface area contributed by atoms with E-state index in [2.05, 4.69) is 5.32 Å². The highest BCUT2D eigenvalue weighted by Gasteiger charge is 2.55. The first-order valence-corrected chi connectivity index (χ1v) is 18.7. The van der Waals surface area contributed by atoms with Crippen LogP contribution < -0.4 is 5.32 Å². The van der Waals surface area contributed by atoms with E-state index in [1.54, 1.807) is 44.2 Å². The van der Waals surface area contributed by atoms with Crippen LogP contribution in [0.15, 0.2) is 103 Å². The van der Waals surface area contributed by atoms with Crippen molar-refractivity contribution >= 4 is 35.8 Å². The summed E-state index contributed by atoms with van der Waals surface area (Å²) in [6.07, 6.45) is 1.76. The third-order valence-corrected chi connectivity index (χ3v) is 10.4. The molecule has 13 heteroatoms. The molecule has 0 spiro atoms. The molecule has 1 aliphatic carbocycles. The molecule has 0 saturated carbocycles. The Labute approximate surface area is 324 Å². The number of fused-ring (bicyclic) bond motifs is 1. The van der Waals surface area contributed by atoms with Crippen molar-refractivity contribution in [1.82, 2.24) is 10.2 Å². The maximum Gasteiger partial charge on any atom is 0.348 e. The molecule has 3 aliphatic heterocycles. The first kappa shape index (κ1) is 38.6. The molecule has 0 aromatic heterocycles. The van der Waals surface area contributed by atoms with Gasteiger partial charge < -0.3 is 39.0 Å². The molecular weight excluding hydrogens is 720 g/mol. The van der Waals surface area contributed by atoms with Crippen molar-refractivity contribution in [1.29, 1.82) is 0 Å². The topological polar surface area (TPSA) is 167 Å². The van der Waals surface area contributed by atoms with Crippen LogP contribution in [-0.2, 0) is 48.6 Å². The smallest absolute Gasteiger partial charge is 0.348 e. The molecule has 3 heterocycles. The van der Waals surface area contributed by atoms with Gasteiger partial charge in [0.2, 0.25) is 23.7 Å². The molecule has 2 amide bonds. The number of carbonyl (C=O) groups is 5. The van der Waals surface area contributed by atoms with E-state index in [0.29, 0.717) is 41.6 Å². The van der Waals surface area contributed by atoms with E-state index < -0.39 is 59.6 Å². The highest BCUT2D eigenvalue weighted by Crippen LogP contribution is 2.47. The van der Waals surface area contributed by atoms with Crippen molar-refractivity contribution in [2.45, 2.75) is 69.4 Å². The zero-order valence-corrected chi connectivity index (χ0v) is 31.1. The van der Waals surface area contributed by atoms with Gasteiger partial charge in [0, 0.05) is 47.7 Å². The van der Waals surface area contributed by atoms with Gasteiger partial charge in [0.25, 0.3) is 0 Å². The Hall–Kier alpha value is -5.63. The van der Waals surface area contributed by atoms with E-state index in [9.17, 15) is 29.1 Å². The average Bonchev–Trinajstić information content (AvgIpc) is 3.93. The zero-order valence-electron chi connectivity index (χ0n) is 31.1. The molecule has 5 atom stereocenters. The van der Waals surface area contributed by atoms with Gasteiger partial charge in [-0.1, -0.05) is 86.6 Å². The van der Waals surface area contributed by atoms with Crippen LogP contribution in [0.1, 0.15) is 60.2 Å². The van der Waals surface area contributed by atoms with E-state index in [4.69, 9.17) is 23.7 Å². The van der Waals surface area contributed by atoms with Gasteiger partial charge in [-0.2, -0.15) is 0 Å². The standard InChI is InChI=1S/C43H44N2O11/c1-42(2)26-52-41(51)37(42)54-35(47)19-18-27-11-9-12-28(23-27)40(50)53-33-24-29(39(49)45-21-10-17-32(45)38(48)44-20-22-46)25-34-36(33)56-43(55-34,30-13-5-3-6-14-30)31-15-7-4-8-16-31/h3-9,11-16,18-19,23,25,32-34,36-37,46H,10,17,20-22,24,26H2,1-2H3,(H,44,48). The lowest BCUT2D eigenvalue weighted by Crippen LogP contribution is -2.49. The normalized spacial score (nSPS) is 24.9. The quantitative estimate of drug-likeness (QED) is 0.166. The van der Waals surface area contributed by atoms with E-state index in [1.807, 2.05) is 60.7 Å². The van der Waals surface area contributed by atoms with Gasteiger partial charge in [-0.15, -0.1) is 0 Å². The van der Waals surface area contributed by atoms with Crippen molar-refractivity contribution in [2.24, 2.45) is 5.41 Å². The summed E-state index contributed by atoms with van der Waals surface area (Å²) in [6.45, 7) is 3.89. The summed E-state index contributed by atoms with van der Waals surface area (Å²) in [4.78, 5) is 67.4. The number of amides is 2. The Kier molecular flexibility index (Phi) is 11.2. The molecule has 5 unspecified atom stereocenters. The largest absolute Gasteiger partial charge is 0.462 e. The fourth-order valence-corrected chi connectivity index (χ4v) is 7.58. The molecule has 13 nitrogen and oxygen atoms in total. The Morgan fingerprint density at radius 3 is 2.32 bits per heavy atom. The summed E-state index contributed by atoms with van der Waals surface area (Å²) in [5.41, 5.74) is 1.74. The van der Waals surface area contributed by atoms with Crippen LogP contribution in [0.5, 0.6) is 0 Å². The third-order valence-electron chi connectivity index (χ3n) is 10.4. The molecule has 292 valence electrons. The van der Waals surface area contributed by atoms with Crippen molar-refractivity contribution < 1.29 is 52.8 Å². The van der Waals surface area contributed by atoms with Gasteiger partial charge in [0.15, 0.2) is 0 Å². The molecule has 2 N–H and O–H groups in total. The second-order valence-corrected chi connectivity index (χ2v) is 14.9. The van der Waals surface area contributed by atoms with Crippen LogP contribution in [-0.4, -0.2) is 96.5 Å². The van der Waals surface area contributed by atoms with Crippen LogP contribution >= 0.6 is 0 Å². The fraction of sp³-hybridized carbons (Fsp3) is 0.372. The Morgan fingerprint density at radius 1 is 0.946 bits per heavy atom. The van der Waals surface area contributed by atoms with E-state index in [1.165, 1.54) is 17.1 Å². The summed E-state index contributed by atoms with van der Waals surface area (Å²) in [5.74, 6) is -4.16. The molecular formula is C43H44N2O11. The Bertz CT molecular complexity index is 1990. The van der Waals surface area contributed by atoms with Crippen molar-refractivity contribution in [3.63, 3.8) is 0 Å². The number of cyclic esters (lactones) is 1. The third kappa shape index (κ3) is 7.88. The number of rotatable bonds is 11. The molecule has 3 fully saturated rings. The second-order valence-electron chi connectivity index (χ2n) is 14.9. The van der Waals surface area contributed by atoms with Crippen molar-refractivity contribution in [2.75, 3.05) is 26.3 Å². The highest BCUT2D eigenvalue weighted by molar-refractivity contribution is 5.98. The van der Waals surface area contributed by atoms with E-state index in [-0.39, 0.29) is 43.6 Å².